The van der Waals surface area contributed by atoms with Crippen molar-refractivity contribution in [1.82, 2.24) is 20.4 Å². The van der Waals surface area contributed by atoms with Crippen molar-refractivity contribution in [2.45, 2.75) is 43.8 Å². The third-order valence-corrected chi connectivity index (χ3v) is 5.22. The van der Waals surface area contributed by atoms with Gasteiger partial charge in [0.05, 0.1) is 17.4 Å². The van der Waals surface area contributed by atoms with Crippen LogP contribution in [0.25, 0.3) is 5.69 Å². The Morgan fingerprint density at radius 3 is 2.83 bits per heavy atom. The Bertz CT molecular complexity index is 717. The molecule has 2 fully saturated rings. The van der Waals surface area contributed by atoms with Gasteiger partial charge in [-0.25, -0.2) is 4.68 Å². The fraction of sp³-hybridized carbons (Fsp3) is 0.412. The van der Waals surface area contributed by atoms with E-state index in [0.717, 1.165) is 23.0 Å². The van der Waals surface area contributed by atoms with Gasteiger partial charge in [-0.05, 0) is 43.9 Å². The van der Waals surface area contributed by atoms with Gasteiger partial charge < -0.3 is 10.6 Å². The molecule has 2 saturated heterocycles. The summed E-state index contributed by atoms with van der Waals surface area (Å²) in [5.74, 6) is -0.0300. The molecule has 2 atom stereocenters. The lowest BCUT2D eigenvalue weighted by Crippen LogP contribution is -2.47. The summed E-state index contributed by atoms with van der Waals surface area (Å²) in [5.41, 5.74) is 1.54. The van der Waals surface area contributed by atoms with Crippen LogP contribution in [-0.2, 0) is 0 Å². The Hall–Kier alpha value is -1.66. The summed E-state index contributed by atoms with van der Waals surface area (Å²) < 4.78 is 2.72. The summed E-state index contributed by atoms with van der Waals surface area (Å²) in [6.07, 6.45) is 7.94. The number of halogens is 1. The van der Waals surface area contributed by atoms with E-state index in [0.29, 0.717) is 17.6 Å². The number of nitrogens with one attached hydrogen (secondary N) is 2. The van der Waals surface area contributed by atoms with Crippen molar-refractivity contribution in [3.63, 3.8) is 0 Å². The molecule has 5 nitrogen and oxygen atoms in total. The van der Waals surface area contributed by atoms with E-state index in [-0.39, 0.29) is 11.9 Å². The first-order valence-corrected chi connectivity index (χ1v) is 8.84. The van der Waals surface area contributed by atoms with Gasteiger partial charge in [0.2, 0.25) is 0 Å². The van der Waals surface area contributed by atoms with Crippen LogP contribution in [0.4, 0.5) is 0 Å². The molecule has 1 aromatic heterocycles. The monoisotopic (exact) mass is 374 g/mol. The second-order valence-corrected chi connectivity index (χ2v) is 7.35. The Labute approximate surface area is 143 Å². The van der Waals surface area contributed by atoms with E-state index in [1.165, 1.54) is 12.8 Å². The first-order chi connectivity index (χ1) is 11.2. The van der Waals surface area contributed by atoms with Gasteiger partial charge in [-0.1, -0.05) is 22.0 Å². The van der Waals surface area contributed by atoms with E-state index in [9.17, 15) is 4.79 Å². The number of nitrogens with zero attached hydrogens (tertiary/aromatic N) is 2. The summed E-state index contributed by atoms with van der Waals surface area (Å²) in [4.78, 5) is 12.5. The Morgan fingerprint density at radius 2 is 2.09 bits per heavy atom. The molecule has 2 aromatic rings. The maximum atomic E-state index is 12.5. The van der Waals surface area contributed by atoms with E-state index < -0.39 is 0 Å². The van der Waals surface area contributed by atoms with Crippen LogP contribution in [0.15, 0.2) is 41.1 Å². The van der Waals surface area contributed by atoms with Gasteiger partial charge in [-0.15, -0.1) is 0 Å². The number of fused-ring (bicyclic) bond motifs is 2. The first kappa shape index (κ1) is 14.9. The number of hydrogen-bond donors (Lipinski definition) is 2. The number of aromatic nitrogens is 2. The molecular formula is C17H19BrN4O. The summed E-state index contributed by atoms with van der Waals surface area (Å²) >= 11 is 3.45. The van der Waals surface area contributed by atoms with Crippen LogP contribution in [0.3, 0.4) is 0 Å². The molecule has 2 unspecified atom stereocenters. The quantitative estimate of drug-likeness (QED) is 0.867. The summed E-state index contributed by atoms with van der Waals surface area (Å²) in [5, 5.41) is 11.1. The smallest absolute Gasteiger partial charge is 0.254 e. The highest BCUT2D eigenvalue weighted by atomic mass is 79.9. The lowest BCUT2D eigenvalue weighted by Gasteiger charge is -2.29. The highest BCUT2D eigenvalue weighted by Gasteiger charge is 2.34. The minimum absolute atomic E-state index is 0.0300. The Kier molecular flexibility index (Phi) is 3.95. The number of amides is 1. The second-order valence-electron chi connectivity index (χ2n) is 6.43. The van der Waals surface area contributed by atoms with Gasteiger partial charge in [0, 0.05) is 28.8 Å². The molecule has 2 aliphatic heterocycles. The number of benzene rings is 1. The molecule has 2 bridgehead atoms. The van der Waals surface area contributed by atoms with Crippen LogP contribution >= 0.6 is 15.9 Å². The molecular weight excluding hydrogens is 356 g/mol. The topological polar surface area (TPSA) is 59.0 Å². The number of piperidine rings is 1. The third-order valence-electron chi connectivity index (χ3n) is 4.73. The van der Waals surface area contributed by atoms with E-state index in [1.54, 1.807) is 17.1 Å². The van der Waals surface area contributed by atoms with Crippen molar-refractivity contribution in [2.24, 2.45) is 0 Å². The molecule has 2 aliphatic rings. The van der Waals surface area contributed by atoms with Crippen molar-refractivity contribution in [1.29, 1.82) is 0 Å². The average Bonchev–Trinajstić information content (AvgIpc) is 3.14. The zero-order valence-corrected chi connectivity index (χ0v) is 14.3. The highest BCUT2D eigenvalue weighted by molar-refractivity contribution is 9.10. The summed E-state index contributed by atoms with van der Waals surface area (Å²) in [6.45, 7) is 0. The van der Waals surface area contributed by atoms with Gasteiger partial charge in [0.1, 0.15) is 0 Å². The molecule has 120 valence electrons. The van der Waals surface area contributed by atoms with Gasteiger partial charge in [-0.3, -0.25) is 4.79 Å². The molecule has 0 radical (unpaired) electrons. The average molecular weight is 375 g/mol. The van der Waals surface area contributed by atoms with Gasteiger partial charge >= 0.3 is 0 Å². The summed E-state index contributed by atoms with van der Waals surface area (Å²) in [7, 11) is 0. The second kappa shape index (κ2) is 6.09. The van der Waals surface area contributed by atoms with Gasteiger partial charge in [-0.2, -0.15) is 5.10 Å². The molecule has 6 heteroatoms. The van der Waals surface area contributed by atoms with Crippen molar-refractivity contribution < 1.29 is 4.79 Å². The fourth-order valence-corrected chi connectivity index (χ4v) is 4.03. The van der Waals surface area contributed by atoms with Crippen LogP contribution < -0.4 is 10.6 Å². The van der Waals surface area contributed by atoms with E-state index in [1.807, 2.05) is 24.3 Å². The molecule has 4 rings (SSSR count). The molecule has 1 amide bonds. The van der Waals surface area contributed by atoms with Crippen LogP contribution in [0.5, 0.6) is 0 Å². The standard InChI is InChI=1S/C17H19BrN4O/c18-12-2-1-3-16(6-12)22-10-11(9-19-22)17(23)21-15-7-13-4-5-14(8-15)20-13/h1-3,6,9-10,13-15,20H,4-5,7-8H2,(H,21,23). The molecule has 0 spiro atoms. The Morgan fingerprint density at radius 1 is 1.30 bits per heavy atom. The zero-order valence-electron chi connectivity index (χ0n) is 12.7. The largest absolute Gasteiger partial charge is 0.349 e. The molecule has 23 heavy (non-hydrogen) atoms. The molecule has 0 saturated carbocycles. The predicted octanol–water partition coefficient (Wildman–Crippen LogP) is 2.65. The van der Waals surface area contributed by atoms with Crippen molar-refractivity contribution in [2.75, 3.05) is 0 Å². The maximum absolute atomic E-state index is 12.5. The van der Waals surface area contributed by atoms with E-state index in [4.69, 9.17) is 0 Å². The normalized spacial score (nSPS) is 26.2. The van der Waals surface area contributed by atoms with Gasteiger partial charge in [0.15, 0.2) is 0 Å². The Balaban J connectivity index is 1.45. The van der Waals surface area contributed by atoms with Crippen LogP contribution in [0.1, 0.15) is 36.0 Å². The van der Waals surface area contributed by atoms with Crippen molar-refractivity contribution in [3.05, 3.63) is 46.7 Å². The molecule has 0 aliphatic carbocycles. The minimum Gasteiger partial charge on any atom is -0.349 e. The van der Waals surface area contributed by atoms with Crippen LogP contribution in [-0.4, -0.2) is 33.8 Å². The predicted molar refractivity (Wildman–Crippen MR) is 91.7 cm³/mol. The lowest BCUT2D eigenvalue weighted by molar-refractivity contribution is 0.0924. The highest BCUT2D eigenvalue weighted by Crippen LogP contribution is 2.27. The molecule has 3 heterocycles. The van der Waals surface area contributed by atoms with E-state index >= 15 is 0 Å². The maximum Gasteiger partial charge on any atom is 0.254 e. The first-order valence-electron chi connectivity index (χ1n) is 8.05. The minimum atomic E-state index is -0.0300. The van der Waals surface area contributed by atoms with Crippen molar-refractivity contribution in [3.8, 4) is 5.69 Å². The zero-order chi connectivity index (χ0) is 15.8. The summed E-state index contributed by atoms with van der Waals surface area (Å²) in [6, 6.07) is 9.27. The number of rotatable bonds is 3. The molecule has 2 N–H and O–H groups in total. The van der Waals surface area contributed by atoms with Crippen LogP contribution in [0.2, 0.25) is 0 Å². The number of hydrogen-bond acceptors (Lipinski definition) is 3. The SMILES string of the molecule is O=C(NC1CC2CCC(C1)N2)c1cnn(-c2cccc(Br)c2)c1. The van der Waals surface area contributed by atoms with E-state index in [2.05, 4.69) is 31.7 Å². The lowest BCUT2D eigenvalue weighted by atomic mass is 9.99. The third kappa shape index (κ3) is 3.19. The van der Waals surface area contributed by atoms with Crippen molar-refractivity contribution >= 4 is 21.8 Å². The molecule has 1 aromatic carbocycles. The fourth-order valence-electron chi connectivity index (χ4n) is 3.64. The van der Waals surface area contributed by atoms with Crippen LogP contribution in [0, 0.1) is 0 Å². The van der Waals surface area contributed by atoms with Gasteiger partial charge in [0.25, 0.3) is 5.91 Å². The number of carbonyl (C=O) groups is 1. The number of carbonyl (C=O) groups excluding carboxylic acids is 1.